The van der Waals surface area contributed by atoms with Crippen LogP contribution in [0.3, 0.4) is 0 Å². The lowest BCUT2D eigenvalue weighted by molar-refractivity contribution is -0.142. The van der Waals surface area contributed by atoms with Crippen LogP contribution in [0.4, 0.5) is 19.1 Å². The van der Waals surface area contributed by atoms with Crippen molar-refractivity contribution in [1.82, 2.24) is 9.97 Å². The zero-order chi connectivity index (χ0) is 17.4. The molecule has 1 aromatic carbocycles. The van der Waals surface area contributed by atoms with E-state index in [0.717, 1.165) is 0 Å². The first-order valence-corrected chi connectivity index (χ1v) is 8.80. The molecule has 128 valence electrons. The summed E-state index contributed by atoms with van der Waals surface area (Å²) in [6, 6.07) is 7.35. The van der Waals surface area contributed by atoms with Gasteiger partial charge in [0.15, 0.2) is 5.69 Å². The highest BCUT2D eigenvalue weighted by Crippen LogP contribution is 2.35. The highest BCUT2D eigenvalue weighted by molar-refractivity contribution is 7.92. The van der Waals surface area contributed by atoms with Gasteiger partial charge in [-0.05, 0) is 37.8 Å². The lowest BCUT2D eigenvalue weighted by Crippen LogP contribution is -2.22. The normalized spacial score (nSPS) is 15.0. The van der Waals surface area contributed by atoms with Crippen molar-refractivity contribution in [3.05, 3.63) is 47.3 Å². The van der Waals surface area contributed by atoms with Gasteiger partial charge in [0.2, 0.25) is 5.95 Å². The number of alkyl halides is 3. The number of hydrogen-bond acceptors (Lipinski definition) is 4. The van der Waals surface area contributed by atoms with Crippen LogP contribution < -0.4 is 4.72 Å². The quantitative estimate of drug-likeness (QED) is 0.916. The summed E-state index contributed by atoms with van der Waals surface area (Å²) in [5.74, 6) is -0.549. The van der Waals surface area contributed by atoms with E-state index >= 15 is 0 Å². The van der Waals surface area contributed by atoms with Crippen molar-refractivity contribution in [2.24, 2.45) is 0 Å². The zero-order valence-corrected chi connectivity index (χ0v) is 13.3. The first-order valence-electron chi connectivity index (χ1n) is 7.32. The molecular formula is C15H14F3N3O2S. The van der Waals surface area contributed by atoms with E-state index in [-0.39, 0.29) is 22.6 Å². The molecule has 0 bridgehead atoms. The third kappa shape index (κ3) is 3.35. The number of aryl methyl sites for hydroxylation is 1. The summed E-state index contributed by atoms with van der Waals surface area (Å²) in [6.45, 7) is 0. The molecule has 9 heteroatoms. The zero-order valence-electron chi connectivity index (χ0n) is 12.5. The van der Waals surface area contributed by atoms with E-state index in [0.29, 0.717) is 19.3 Å². The minimum absolute atomic E-state index is 0.0661. The minimum Gasteiger partial charge on any atom is -0.247 e. The summed E-state index contributed by atoms with van der Waals surface area (Å²) in [4.78, 5) is 7.37. The summed E-state index contributed by atoms with van der Waals surface area (Å²) in [7, 11) is -4.04. The van der Waals surface area contributed by atoms with Gasteiger partial charge in [-0.2, -0.15) is 13.2 Å². The number of sulfonamides is 1. The van der Waals surface area contributed by atoms with E-state index in [1.807, 2.05) is 4.72 Å². The van der Waals surface area contributed by atoms with Crippen LogP contribution in [-0.2, 0) is 29.0 Å². The average Bonchev–Trinajstić information content (AvgIpc) is 2.54. The Bertz CT molecular complexity index is 852. The molecule has 0 unspecified atom stereocenters. The summed E-state index contributed by atoms with van der Waals surface area (Å²) in [6.07, 6.45) is -2.69. The van der Waals surface area contributed by atoms with E-state index < -0.39 is 27.8 Å². The number of rotatable bonds is 3. The number of hydrogen-bond donors (Lipinski definition) is 1. The van der Waals surface area contributed by atoms with E-state index in [4.69, 9.17) is 0 Å². The number of fused-ring (bicyclic) bond motifs is 1. The SMILES string of the molecule is O=S(=O)(Nc1nc2c(c(C(F)(F)F)n1)CCCC2)c1ccccc1. The molecule has 5 nitrogen and oxygen atoms in total. The Morgan fingerprint density at radius 3 is 2.33 bits per heavy atom. The molecule has 0 aliphatic heterocycles. The Hall–Kier alpha value is -2.16. The molecule has 0 amide bonds. The summed E-state index contributed by atoms with van der Waals surface area (Å²) in [5, 5.41) is 0. The van der Waals surface area contributed by atoms with Gasteiger partial charge in [0.1, 0.15) is 0 Å². The van der Waals surface area contributed by atoms with Gasteiger partial charge in [-0.15, -0.1) is 0 Å². The molecule has 0 atom stereocenters. The fraction of sp³-hybridized carbons (Fsp3) is 0.333. The van der Waals surface area contributed by atoms with Crippen LogP contribution in [0.15, 0.2) is 35.2 Å². The molecule has 1 N–H and O–H groups in total. The molecule has 0 saturated carbocycles. The van der Waals surface area contributed by atoms with Gasteiger partial charge < -0.3 is 0 Å². The molecule has 1 aliphatic rings. The van der Waals surface area contributed by atoms with E-state index in [9.17, 15) is 21.6 Å². The monoisotopic (exact) mass is 357 g/mol. The van der Waals surface area contributed by atoms with Gasteiger partial charge in [0, 0.05) is 11.3 Å². The van der Waals surface area contributed by atoms with Crippen LogP contribution in [-0.4, -0.2) is 18.4 Å². The number of halogens is 3. The molecule has 1 heterocycles. The maximum Gasteiger partial charge on any atom is 0.433 e. The van der Waals surface area contributed by atoms with Gasteiger partial charge in [-0.1, -0.05) is 18.2 Å². The Morgan fingerprint density at radius 2 is 1.67 bits per heavy atom. The van der Waals surface area contributed by atoms with Gasteiger partial charge in [0.05, 0.1) is 4.90 Å². The van der Waals surface area contributed by atoms with Crippen molar-refractivity contribution in [3.63, 3.8) is 0 Å². The molecule has 0 fully saturated rings. The van der Waals surface area contributed by atoms with Crippen LogP contribution in [0.1, 0.15) is 29.8 Å². The standard InChI is InChI=1S/C15H14F3N3O2S/c16-15(17,18)13-11-8-4-5-9-12(11)19-14(20-13)21-24(22,23)10-6-2-1-3-7-10/h1-3,6-7H,4-5,8-9H2,(H,19,20,21). The molecule has 2 aromatic rings. The van der Waals surface area contributed by atoms with Crippen molar-refractivity contribution < 1.29 is 21.6 Å². The molecular weight excluding hydrogens is 343 g/mol. The summed E-state index contributed by atoms with van der Waals surface area (Å²) >= 11 is 0. The van der Waals surface area contributed by atoms with Crippen LogP contribution in [0, 0.1) is 0 Å². The maximum absolute atomic E-state index is 13.2. The van der Waals surface area contributed by atoms with Crippen molar-refractivity contribution >= 4 is 16.0 Å². The van der Waals surface area contributed by atoms with E-state index in [1.165, 1.54) is 24.3 Å². The third-order valence-electron chi connectivity index (χ3n) is 3.73. The Morgan fingerprint density at radius 1 is 1.00 bits per heavy atom. The van der Waals surface area contributed by atoms with Gasteiger partial charge in [-0.25, -0.2) is 23.1 Å². The predicted molar refractivity (Wildman–Crippen MR) is 80.9 cm³/mol. The van der Waals surface area contributed by atoms with Crippen molar-refractivity contribution in [3.8, 4) is 0 Å². The molecule has 0 radical (unpaired) electrons. The lowest BCUT2D eigenvalue weighted by Gasteiger charge is -2.20. The fourth-order valence-corrected chi connectivity index (χ4v) is 3.62. The Balaban J connectivity index is 2.03. The van der Waals surface area contributed by atoms with E-state index in [1.54, 1.807) is 6.07 Å². The summed E-state index contributed by atoms with van der Waals surface area (Å²) in [5.41, 5.74) is -0.733. The number of nitrogens with zero attached hydrogens (tertiary/aromatic N) is 2. The average molecular weight is 357 g/mol. The van der Waals surface area contributed by atoms with Crippen LogP contribution >= 0.6 is 0 Å². The maximum atomic E-state index is 13.2. The fourth-order valence-electron chi connectivity index (χ4n) is 2.65. The molecule has 1 aromatic heterocycles. The van der Waals surface area contributed by atoms with Crippen LogP contribution in [0.2, 0.25) is 0 Å². The lowest BCUT2D eigenvalue weighted by atomic mass is 9.94. The predicted octanol–water partition coefficient (Wildman–Crippen LogP) is 3.18. The Labute approximate surface area is 137 Å². The first kappa shape index (κ1) is 16.7. The highest BCUT2D eigenvalue weighted by atomic mass is 32.2. The van der Waals surface area contributed by atoms with Crippen LogP contribution in [0.5, 0.6) is 0 Å². The molecule has 3 rings (SSSR count). The molecule has 0 spiro atoms. The minimum atomic E-state index is -4.66. The highest BCUT2D eigenvalue weighted by Gasteiger charge is 2.38. The second kappa shape index (κ2) is 6.04. The second-order valence-electron chi connectivity index (χ2n) is 5.44. The largest absolute Gasteiger partial charge is 0.433 e. The van der Waals surface area contributed by atoms with E-state index in [2.05, 4.69) is 9.97 Å². The number of aromatic nitrogens is 2. The third-order valence-corrected chi connectivity index (χ3v) is 5.07. The topological polar surface area (TPSA) is 72.0 Å². The number of nitrogens with one attached hydrogen (secondary N) is 1. The summed E-state index contributed by atoms with van der Waals surface area (Å²) < 4.78 is 66.3. The molecule has 0 saturated heterocycles. The van der Waals surface area contributed by atoms with Crippen LogP contribution in [0.25, 0.3) is 0 Å². The number of anilines is 1. The molecule has 1 aliphatic carbocycles. The second-order valence-corrected chi connectivity index (χ2v) is 7.13. The number of benzene rings is 1. The Kier molecular flexibility index (Phi) is 4.20. The van der Waals surface area contributed by atoms with Crippen molar-refractivity contribution in [1.29, 1.82) is 0 Å². The van der Waals surface area contributed by atoms with Gasteiger partial charge >= 0.3 is 6.18 Å². The first-order chi connectivity index (χ1) is 11.3. The van der Waals surface area contributed by atoms with Crippen molar-refractivity contribution in [2.45, 2.75) is 36.8 Å². The smallest absolute Gasteiger partial charge is 0.247 e. The van der Waals surface area contributed by atoms with Gasteiger partial charge in [-0.3, -0.25) is 0 Å². The van der Waals surface area contributed by atoms with Crippen molar-refractivity contribution in [2.75, 3.05) is 4.72 Å². The van der Waals surface area contributed by atoms with Gasteiger partial charge in [0.25, 0.3) is 10.0 Å². The molecule has 24 heavy (non-hydrogen) atoms.